The van der Waals surface area contributed by atoms with Crippen LogP contribution in [0.5, 0.6) is 51.7 Å². The minimum Gasteiger partial charge on any atom is -0.493 e. The molecule has 2 heterocycles. The summed E-state index contributed by atoms with van der Waals surface area (Å²) in [5, 5.41) is 2.70. The summed E-state index contributed by atoms with van der Waals surface area (Å²) < 4.78 is 50.3. The Labute approximate surface area is 307 Å². The highest BCUT2D eigenvalue weighted by Gasteiger charge is 2.39. The number of aliphatic imine (C=N–C) groups is 1. The molecule has 0 aromatic heterocycles. The molecule has 5 rings (SSSR count). The number of hydrogen-bond acceptors (Lipinski definition) is 13. The van der Waals surface area contributed by atoms with E-state index in [0.717, 1.165) is 16.8 Å². The van der Waals surface area contributed by atoms with Crippen molar-refractivity contribution in [3.63, 3.8) is 0 Å². The highest BCUT2D eigenvalue weighted by atomic mass is 32.2. The first-order valence-electron chi connectivity index (χ1n) is 16.0. The van der Waals surface area contributed by atoms with Gasteiger partial charge in [-0.15, -0.1) is 0 Å². The van der Waals surface area contributed by atoms with Gasteiger partial charge in [-0.1, -0.05) is 23.9 Å². The van der Waals surface area contributed by atoms with Gasteiger partial charge in [0.25, 0.3) is 0 Å². The summed E-state index contributed by atoms with van der Waals surface area (Å²) in [6.45, 7) is 1.98. The van der Waals surface area contributed by atoms with E-state index < -0.39 is 6.04 Å². The van der Waals surface area contributed by atoms with Crippen molar-refractivity contribution in [2.75, 3.05) is 64.0 Å². The van der Waals surface area contributed by atoms with Gasteiger partial charge in [0, 0.05) is 5.70 Å². The molecule has 0 aliphatic carbocycles. The number of carbonyl (C=O) groups excluding carboxylic acids is 1. The van der Waals surface area contributed by atoms with Crippen LogP contribution >= 0.6 is 11.8 Å². The maximum atomic E-state index is 14.7. The van der Waals surface area contributed by atoms with Gasteiger partial charge in [0.05, 0.1) is 81.3 Å². The minimum absolute atomic E-state index is 0.287. The van der Waals surface area contributed by atoms with Gasteiger partial charge in [-0.25, -0.2) is 4.99 Å². The van der Waals surface area contributed by atoms with Gasteiger partial charge in [0.15, 0.2) is 45.4 Å². The molecule has 3 aromatic carbocycles. The third-order valence-corrected chi connectivity index (χ3v) is 9.41. The monoisotopic (exact) mass is 730 g/mol. The molecule has 2 aliphatic heterocycles. The second-order valence-corrected chi connectivity index (χ2v) is 12.1. The van der Waals surface area contributed by atoms with Crippen molar-refractivity contribution < 1.29 is 47.4 Å². The van der Waals surface area contributed by atoms with E-state index in [0.29, 0.717) is 73.7 Å². The fraction of sp³-hybridized carbons (Fsp3) is 0.282. The van der Waals surface area contributed by atoms with Gasteiger partial charge >= 0.3 is 0 Å². The number of methoxy groups -OCH3 is 9. The highest BCUT2D eigenvalue weighted by molar-refractivity contribution is 8.16. The molecule has 0 bridgehead atoms. The maximum Gasteiger partial charge on any atom is 0.203 e. The lowest BCUT2D eigenvalue weighted by atomic mass is 9.89. The SMILES string of the molecule is COc1cc(/C=C/C(=O)C2=C(/C=C/c3cc(OC)c(OC)c(OC)c3)N=C3SC=C(C)N3C2c2cc(OC)c(OC)c(OC)c2)cc(OC)c1OC. The zero-order valence-corrected chi connectivity index (χ0v) is 31.6. The largest absolute Gasteiger partial charge is 0.493 e. The molecular formula is C39H42N2O10S. The van der Waals surface area contributed by atoms with Crippen molar-refractivity contribution in [2.24, 2.45) is 4.99 Å². The summed E-state index contributed by atoms with van der Waals surface area (Å²) in [4.78, 5) is 21.7. The number of ketones is 1. The molecule has 1 unspecified atom stereocenters. The Bertz CT molecular complexity index is 1920. The molecule has 3 aromatic rings. The van der Waals surface area contributed by atoms with Gasteiger partial charge in [-0.05, 0) is 77.6 Å². The molecule has 0 saturated heterocycles. The number of amidine groups is 1. The van der Waals surface area contributed by atoms with Crippen molar-refractivity contribution in [1.29, 1.82) is 0 Å². The van der Waals surface area contributed by atoms with Gasteiger partial charge in [-0.3, -0.25) is 4.79 Å². The Morgan fingerprint density at radius 2 is 1.04 bits per heavy atom. The normalized spacial score (nSPS) is 15.3. The smallest absolute Gasteiger partial charge is 0.203 e. The number of fused-ring (bicyclic) bond motifs is 1. The zero-order valence-electron chi connectivity index (χ0n) is 30.8. The van der Waals surface area contributed by atoms with Crippen LogP contribution in [0.1, 0.15) is 29.7 Å². The predicted octanol–water partition coefficient (Wildman–Crippen LogP) is 7.33. The van der Waals surface area contributed by atoms with Crippen molar-refractivity contribution in [3.8, 4) is 51.7 Å². The molecule has 0 fully saturated rings. The third kappa shape index (κ3) is 7.22. The lowest BCUT2D eigenvalue weighted by Crippen LogP contribution is -2.35. The molecule has 12 nitrogen and oxygen atoms in total. The molecule has 2 aliphatic rings. The lowest BCUT2D eigenvalue weighted by molar-refractivity contribution is -0.111. The summed E-state index contributed by atoms with van der Waals surface area (Å²) in [7, 11) is 13.9. The summed E-state index contributed by atoms with van der Waals surface area (Å²) in [6, 6.07) is 10.2. The van der Waals surface area contributed by atoms with Crippen LogP contribution < -0.4 is 42.6 Å². The average molecular weight is 731 g/mol. The van der Waals surface area contributed by atoms with Crippen LogP contribution in [0, 0.1) is 0 Å². The number of nitrogens with zero attached hydrogens (tertiary/aromatic N) is 2. The quantitative estimate of drug-likeness (QED) is 0.146. The minimum atomic E-state index is -0.635. The van der Waals surface area contributed by atoms with Crippen LogP contribution in [0.3, 0.4) is 0 Å². The van der Waals surface area contributed by atoms with Crippen molar-refractivity contribution >= 4 is 34.9 Å². The van der Waals surface area contributed by atoms with Gasteiger partial charge in [0.2, 0.25) is 17.2 Å². The summed E-state index contributed by atoms with van der Waals surface area (Å²) in [6.07, 6.45) is 6.87. The van der Waals surface area contributed by atoms with E-state index in [2.05, 4.69) is 0 Å². The first kappa shape index (κ1) is 37.6. The number of rotatable bonds is 15. The summed E-state index contributed by atoms with van der Waals surface area (Å²) in [5.41, 5.74) is 3.89. The second-order valence-electron chi connectivity index (χ2n) is 11.2. The molecular weight excluding hydrogens is 689 g/mol. The first-order chi connectivity index (χ1) is 25.2. The Balaban J connectivity index is 1.74. The number of benzene rings is 3. The van der Waals surface area contributed by atoms with Crippen LogP contribution in [0.15, 0.2) is 75.9 Å². The number of ether oxygens (including phenoxy) is 9. The van der Waals surface area contributed by atoms with Gasteiger partial charge in [0.1, 0.15) is 0 Å². The number of hydrogen-bond donors (Lipinski definition) is 0. The number of carbonyl (C=O) groups is 1. The topological polar surface area (TPSA) is 116 Å². The van der Waals surface area contributed by atoms with E-state index in [-0.39, 0.29) is 5.78 Å². The second kappa shape index (κ2) is 16.6. The van der Waals surface area contributed by atoms with Gasteiger partial charge < -0.3 is 47.5 Å². The number of thioether (sulfide) groups is 1. The molecule has 274 valence electrons. The molecule has 0 N–H and O–H groups in total. The maximum absolute atomic E-state index is 14.7. The fourth-order valence-electron chi connectivity index (χ4n) is 6.02. The fourth-order valence-corrected chi connectivity index (χ4v) is 6.93. The summed E-state index contributed by atoms with van der Waals surface area (Å²) >= 11 is 1.47. The lowest BCUT2D eigenvalue weighted by Gasteiger charge is -2.36. The summed E-state index contributed by atoms with van der Waals surface area (Å²) in [5.74, 6) is 3.85. The van der Waals surface area contributed by atoms with Crippen molar-refractivity contribution in [3.05, 3.63) is 87.6 Å². The zero-order chi connectivity index (χ0) is 37.5. The van der Waals surface area contributed by atoms with Crippen molar-refractivity contribution in [2.45, 2.75) is 13.0 Å². The Hall–Kier alpha value is -5.69. The third-order valence-electron chi connectivity index (χ3n) is 8.45. The van der Waals surface area contributed by atoms with E-state index in [1.165, 1.54) is 39.2 Å². The van der Waals surface area contributed by atoms with E-state index >= 15 is 0 Å². The molecule has 0 saturated carbocycles. The first-order valence-corrected chi connectivity index (χ1v) is 16.8. The number of allylic oxidation sites excluding steroid dienone is 3. The van der Waals surface area contributed by atoms with Crippen LogP contribution in [-0.4, -0.2) is 79.8 Å². The highest BCUT2D eigenvalue weighted by Crippen LogP contribution is 2.48. The van der Waals surface area contributed by atoms with Gasteiger partial charge in [-0.2, -0.15) is 0 Å². The molecule has 52 heavy (non-hydrogen) atoms. The van der Waals surface area contributed by atoms with Crippen LogP contribution in [0.4, 0.5) is 0 Å². The molecule has 0 radical (unpaired) electrons. The predicted molar refractivity (Wildman–Crippen MR) is 202 cm³/mol. The molecule has 0 amide bonds. The van der Waals surface area contributed by atoms with Crippen molar-refractivity contribution in [1.82, 2.24) is 4.90 Å². The van der Waals surface area contributed by atoms with E-state index in [1.54, 1.807) is 60.9 Å². The molecule has 13 heteroatoms. The van der Waals surface area contributed by atoms with E-state index in [1.807, 2.05) is 53.6 Å². The van der Waals surface area contributed by atoms with E-state index in [4.69, 9.17) is 47.6 Å². The Morgan fingerprint density at radius 3 is 1.46 bits per heavy atom. The van der Waals surface area contributed by atoms with E-state index in [9.17, 15) is 4.79 Å². The Kier molecular flexibility index (Phi) is 12.0. The van der Waals surface area contributed by atoms with Crippen LogP contribution in [0.2, 0.25) is 0 Å². The Morgan fingerprint density at radius 1 is 0.615 bits per heavy atom. The standard InChI is InChI=1S/C39H42N2O10S/c1-22-21-52-39-40-26(13-11-23-15-28(43-2)36(49-8)29(16-23)44-3)34(27(42)14-12-24-17-30(45-4)37(50-9)31(18-24)46-5)35(41(22)39)25-19-32(47-6)38(51-10)33(20-25)48-7/h11-21,35H,1-10H3/b13-11+,14-12+. The van der Waals surface area contributed by atoms with Crippen LogP contribution in [0.25, 0.3) is 12.2 Å². The van der Waals surface area contributed by atoms with Crippen LogP contribution in [-0.2, 0) is 4.79 Å². The molecule has 1 atom stereocenters. The molecule has 0 spiro atoms. The average Bonchev–Trinajstić information content (AvgIpc) is 3.55.